The normalized spacial score (nSPS) is 8.12. The molecule has 0 unspecified atom stereocenters. The van der Waals surface area contributed by atoms with Crippen molar-refractivity contribution in [2.24, 2.45) is 0 Å². The Kier molecular flexibility index (Phi) is 5.61. The van der Waals surface area contributed by atoms with E-state index in [1.165, 1.54) is 5.56 Å². The summed E-state index contributed by atoms with van der Waals surface area (Å²) in [5.41, 5.74) is 1.37. The van der Waals surface area contributed by atoms with Crippen LogP contribution in [-0.2, 0) is 5.33 Å². The third-order valence-corrected chi connectivity index (χ3v) is 2.11. The molecule has 0 saturated heterocycles. The van der Waals surface area contributed by atoms with Crippen LogP contribution in [0.1, 0.15) is 5.56 Å². The molecule has 0 fully saturated rings. The Morgan fingerprint density at radius 1 is 1.62 bits per heavy atom. The molecule has 1 aromatic rings. The number of hydrogen-bond donors (Lipinski definition) is 0. The van der Waals surface area contributed by atoms with Gasteiger partial charge in [0, 0.05) is 5.33 Å². The predicted octanol–water partition coefficient (Wildman–Crippen LogP) is 1.73. The van der Waals surface area contributed by atoms with Crippen molar-refractivity contribution in [3.8, 4) is 0 Å². The van der Waals surface area contributed by atoms with Crippen LogP contribution in [0.15, 0.2) is 16.8 Å². The number of rotatable bonds is 1. The van der Waals surface area contributed by atoms with E-state index < -0.39 is 0 Å². The molecule has 0 bridgehead atoms. The molecule has 0 aliphatic heterocycles. The third kappa shape index (κ3) is 2.59. The second-order valence-electron chi connectivity index (χ2n) is 1.27. The van der Waals surface area contributed by atoms with Crippen molar-refractivity contribution >= 4 is 54.6 Å². The summed E-state index contributed by atoms with van der Waals surface area (Å²) in [6.45, 7) is 0. The topological polar surface area (TPSA) is 0 Å². The summed E-state index contributed by atoms with van der Waals surface area (Å²) in [5, 5.41) is 5.20. The summed E-state index contributed by atoms with van der Waals surface area (Å²) in [6.07, 6.45) is 0. The molecule has 3 heteroatoms. The Labute approximate surface area is 81.6 Å². The van der Waals surface area contributed by atoms with Crippen LogP contribution < -0.4 is 0 Å². The molecule has 0 spiro atoms. The van der Waals surface area contributed by atoms with Gasteiger partial charge in [-0.2, -0.15) is 11.3 Å². The Bertz CT molecular complexity index is 127. The molecule has 0 N–H and O–H groups in total. The van der Waals surface area contributed by atoms with Crippen molar-refractivity contribution in [2.75, 3.05) is 0 Å². The van der Waals surface area contributed by atoms with E-state index in [1.807, 2.05) is 0 Å². The summed E-state index contributed by atoms with van der Waals surface area (Å²) in [6, 6.07) is 2.11. The van der Waals surface area contributed by atoms with Gasteiger partial charge in [-0.1, -0.05) is 15.9 Å². The molecule has 0 aromatic carbocycles. The predicted molar refractivity (Wildman–Crippen MR) is 45.5 cm³/mol. The maximum atomic E-state index is 3.34. The van der Waals surface area contributed by atoms with E-state index in [2.05, 4.69) is 32.8 Å². The fraction of sp³-hybridized carbons (Fsp3) is 0.200. The molecule has 2 radical (unpaired) electrons. The van der Waals surface area contributed by atoms with Crippen LogP contribution in [0, 0.1) is 0 Å². The average Bonchev–Trinajstić information content (AvgIpc) is 2.14. The number of thiophene rings is 1. The van der Waals surface area contributed by atoms with Crippen molar-refractivity contribution in [1.29, 1.82) is 0 Å². The molecule has 1 heterocycles. The number of halogens is 1. The van der Waals surface area contributed by atoms with E-state index >= 15 is 0 Å². The molecule has 1 aromatic heterocycles. The van der Waals surface area contributed by atoms with Crippen molar-refractivity contribution in [3.05, 3.63) is 22.4 Å². The van der Waals surface area contributed by atoms with E-state index in [9.17, 15) is 0 Å². The van der Waals surface area contributed by atoms with Crippen molar-refractivity contribution < 1.29 is 0 Å². The molecule has 0 aliphatic carbocycles. The summed E-state index contributed by atoms with van der Waals surface area (Å²) < 4.78 is 0. The Morgan fingerprint density at radius 3 is 2.62 bits per heavy atom. The van der Waals surface area contributed by atoms with Gasteiger partial charge in [0.15, 0.2) is 0 Å². The molecular formula is C5H7BrPbS. The van der Waals surface area contributed by atoms with Crippen LogP contribution in [0.25, 0.3) is 0 Å². The zero-order chi connectivity index (χ0) is 5.11. The summed E-state index contributed by atoms with van der Waals surface area (Å²) in [5.74, 6) is 0. The monoisotopic (exact) mass is 386 g/mol. The minimum absolute atomic E-state index is 0. The van der Waals surface area contributed by atoms with Gasteiger partial charge in [-0.05, 0) is 22.4 Å². The first kappa shape index (κ1) is 9.10. The molecule has 0 atom stereocenters. The first-order valence-electron chi connectivity index (χ1n) is 2.00. The molecule has 0 saturated carbocycles. The second kappa shape index (κ2) is 4.93. The average molecular weight is 386 g/mol. The van der Waals surface area contributed by atoms with Crippen LogP contribution in [0.2, 0.25) is 0 Å². The summed E-state index contributed by atoms with van der Waals surface area (Å²) >= 11 is 5.08. The van der Waals surface area contributed by atoms with Crippen molar-refractivity contribution in [1.82, 2.24) is 0 Å². The SMILES string of the molecule is BrCc1ccsc1.[PbH2]. The van der Waals surface area contributed by atoms with Gasteiger partial charge in [-0.15, -0.1) is 0 Å². The van der Waals surface area contributed by atoms with E-state index in [4.69, 9.17) is 0 Å². The van der Waals surface area contributed by atoms with Gasteiger partial charge in [0.2, 0.25) is 0 Å². The molecule has 44 valence electrons. The molecule has 0 aliphatic rings. The standard InChI is InChI=1S/C5H5BrS.Pb.2H/c6-3-5-1-2-7-4-5;;;/h1-2,4H,3H2;;;. The van der Waals surface area contributed by atoms with Crippen LogP contribution >= 0.6 is 27.3 Å². The zero-order valence-electron chi connectivity index (χ0n) is 4.43. The Hall–Kier alpha value is 1.10. The van der Waals surface area contributed by atoms with E-state index in [-0.39, 0.29) is 27.3 Å². The molecular weight excluding hydrogens is 379 g/mol. The van der Waals surface area contributed by atoms with Crippen LogP contribution in [0.5, 0.6) is 0 Å². The third-order valence-electron chi connectivity index (χ3n) is 0.734. The molecule has 8 heavy (non-hydrogen) atoms. The summed E-state index contributed by atoms with van der Waals surface area (Å²) in [7, 11) is 0. The van der Waals surface area contributed by atoms with Crippen molar-refractivity contribution in [2.45, 2.75) is 5.33 Å². The van der Waals surface area contributed by atoms with Gasteiger partial charge < -0.3 is 0 Å². The number of alkyl halides is 1. The molecule has 0 amide bonds. The minimum atomic E-state index is 0. The first-order chi connectivity index (χ1) is 3.43. The van der Waals surface area contributed by atoms with Crippen LogP contribution in [0.4, 0.5) is 0 Å². The zero-order valence-corrected chi connectivity index (χ0v) is 12.3. The fourth-order valence-electron chi connectivity index (χ4n) is 0.369. The molecule has 1 rings (SSSR count). The van der Waals surface area contributed by atoms with Gasteiger partial charge in [0.1, 0.15) is 0 Å². The van der Waals surface area contributed by atoms with Gasteiger partial charge in [0.05, 0.1) is 0 Å². The second-order valence-corrected chi connectivity index (χ2v) is 2.61. The summed E-state index contributed by atoms with van der Waals surface area (Å²) in [4.78, 5) is 0. The van der Waals surface area contributed by atoms with E-state index in [1.54, 1.807) is 11.3 Å². The van der Waals surface area contributed by atoms with Gasteiger partial charge >= 0.3 is 27.3 Å². The van der Waals surface area contributed by atoms with Gasteiger partial charge in [-0.3, -0.25) is 0 Å². The number of hydrogen-bond acceptors (Lipinski definition) is 1. The van der Waals surface area contributed by atoms with Crippen molar-refractivity contribution in [3.63, 3.8) is 0 Å². The van der Waals surface area contributed by atoms with E-state index in [0.717, 1.165) is 5.33 Å². The first-order valence-corrected chi connectivity index (χ1v) is 4.07. The van der Waals surface area contributed by atoms with Gasteiger partial charge in [0.25, 0.3) is 0 Å². The Balaban J connectivity index is 0.000000490. The van der Waals surface area contributed by atoms with Crippen LogP contribution in [-0.4, -0.2) is 27.3 Å². The Morgan fingerprint density at radius 2 is 2.38 bits per heavy atom. The molecule has 0 nitrogen and oxygen atoms in total. The van der Waals surface area contributed by atoms with E-state index in [0.29, 0.717) is 0 Å². The quantitative estimate of drug-likeness (QED) is 0.510. The maximum absolute atomic E-state index is 3.34. The fourth-order valence-corrected chi connectivity index (χ4v) is 1.60. The van der Waals surface area contributed by atoms with Crippen LogP contribution in [0.3, 0.4) is 0 Å². The van der Waals surface area contributed by atoms with Gasteiger partial charge in [-0.25, -0.2) is 0 Å².